The molecule has 0 aromatic carbocycles. The number of nitrogens with zero attached hydrogens (tertiary/aromatic N) is 1. The van der Waals surface area contributed by atoms with Crippen molar-refractivity contribution < 1.29 is 0 Å². The quantitative estimate of drug-likeness (QED) is 0.747. The Morgan fingerprint density at radius 3 is 2.54 bits per heavy atom. The molecule has 1 rings (SSSR count). The predicted octanol–water partition coefficient (Wildman–Crippen LogP) is 1.41. The number of nitrogens with two attached hydrogens (primary N) is 1. The van der Waals surface area contributed by atoms with Crippen molar-refractivity contribution in [2.24, 2.45) is 11.7 Å². The summed E-state index contributed by atoms with van der Waals surface area (Å²) in [6.07, 6.45) is 1.20. The molecular formula is C10H22N2S. The van der Waals surface area contributed by atoms with Crippen molar-refractivity contribution in [1.29, 1.82) is 0 Å². The summed E-state index contributed by atoms with van der Waals surface area (Å²) < 4.78 is 0. The Kier molecular flexibility index (Phi) is 5.14. The highest BCUT2D eigenvalue weighted by Gasteiger charge is 2.16. The third-order valence-corrected chi connectivity index (χ3v) is 3.89. The van der Waals surface area contributed by atoms with E-state index in [-0.39, 0.29) is 0 Å². The van der Waals surface area contributed by atoms with Gasteiger partial charge in [0.1, 0.15) is 0 Å². The standard InChI is InChI=1S/C10H22N2S/c1-3-9(2)10(11)8-12-4-6-13-7-5-12/h9-10H,3-8,11H2,1-2H3/t9-,10+/m1/s1. The van der Waals surface area contributed by atoms with E-state index in [4.69, 9.17) is 5.73 Å². The summed E-state index contributed by atoms with van der Waals surface area (Å²) in [5, 5.41) is 0. The molecule has 0 aromatic rings. The second-order valence-electron chi connectivity index (χ2n) is 3.96. The molecule has 3 heteroatoms. The molecule has 1 aliphatic heterocycles. The monoisotopic (exact) mass is 202 g/mol. The fourth-order valence-corrected chi connectivity index (χ4v) is 2.54. The third kappa shape index (κ3) is 3.88. The number of rotatable bonds is 4. The molecule has 1 aliphatic rings. The molecule has 1 saturated heterocycles. The van der Waals surface area contributed by atoms with Gasteiger partial charge in [0.05, 0.1) is 0 Å². The average Bonchev–Trinajstić information content (AvgIpc) is 2.18. The van der Waals surface area contributed by atoms with Gasteiger partial charge in [0.25, 0.3) is 0 Å². The van der Waals surface area contributed by atoms with E-state index in [0.717, 1.165) is 6.54 Å². The van der Waals surface area contributed by atoms with Crippen LogP contribution in [0.15, 0.2) is 0 Å². The number of hydrogen-bond acceptors (Lipinski definition) is 3. The summed E-state index contributed by atoms with van der Waals surface area (Å²) in [6.45, 7) is 8.03. The highest BCUT2D eigenvalue weighted by atomic mass is 32.2. The largest absolute Gasteiger partial charge is 0.326 e. The van der Waals surface area contributed by atoms with Crippen molar-refractivity contribution in [1.82, 2.24) is 4.90 Å². The van der Waals surface area contributed by atoms with E-state index in [9.17, 15) is 0 Å². The van der Waals surface area contributed by atoms with Crippen LogP contribution < -0.4 is 5.73 Å². The summed E-state index contributed by atoms with van der Waals surface area (Å²) in [6, 6.07) is 0.369. The Hall–Kier alpha value is 0.270. The van der Waals surface area contributed by atoms with Gasteiger partial charge in [0.2, 0.25) is 0 Å². The highest BCUT2D eigenvalue weighted by molar-refractivity contribution is 7.99. The minimum absolute atomic E-state index is 0.369. The Morgan fingerprint density at radius 1 is 1.38 bits per heavy atom. The van der Waals surface area contributed by atoms with Crippen molar-refractivity contribution in [3.8, 4) is 0 Å². The lowest BCUT2D eigenvalue weighted by molar-refractivity contribution is 0.251. The van der Waals surface area contributed by atoms with Crippen molar-refractivity contribution in [2.45, 2.75) is 26.3 Å². The van der Waals surface area contributed by atoms with E-state index in [1.54, 1.807) is 0 Å². The minimum Gasteiger partial charge on any atom is -0.326 e. The van der Waals surface area contributed by atoms with Crippen LogP contribution in [0.3, 0.4) is 0 Å². The minimum atomic E-state index is 0.369. The Bertz CT molecular complexity index is 135. The molecule has 13 heavy (non-hydrogen) atoms. The van der Waals surface area contributed by atoms with Crippen molar-refractivity contribution in [3.05, 3.63) is 0 Å². The van der Waals surface area contributed by atoms with Gasteiger partial charge in [-0.3, -0.25) is 0 Å². The zero-order chi connectivity index (χ0) is 9.68. The molecule has 78 valence electrons. The second-order valence-corrected chi connectivity index (χ2v) is 5.19. The summed E-state index contributed by atoms with van der Waals surface area (Å²) >= 11 is 2.06. The molecule has 0 aliphatic carbocycles. The first kappa shape index (κ1) is 11.3. The first-order valence-corrected chi connectivity index (χ1v) is 6.45. The first-order valence-electron chi connectivity index (χ1n) is 5.29. The summed E-state index contributed by atoms with van der Waals surface area (Å²) in [5.41, 5.74) is 6.11. The predicted molar refractivity (Wildman–Crippen MR) is 61.2 cm³/mol. The van der Waals surface area contributed by atoms with Gasteiger partial charge in [0.15, 0.2) is 0 Å². The summed E-state index contributed by atoms with van der Waals surface area (Å²) in [4.78, 5) is 2.51. The Balaban J connectivity index is 2.21. The first-order chi connectivity index (χ1) is 6.24. The zero-order valence-corrected chi connectivity index (χ0v) is 9.65. The molecule has 1 heterocycles. The Labute approximate surface area is 86.2 Å². The van der Waals surface area contributed by atoms with Crippen LogP contribution >= 0.6 is 11.8 Å². The average molecular weight is 202 g/mol. The number of thioether (sulfide) groups is 1. The maximum absolute atomic E-state index is 6.11. The topological polar surface area (TPSA) is 29.3 Å². The molecule has 0 radical (unpaired) electrons. The Morgan fingerprint density at radius 2 is 2.00 bits per heavy atom. The van der Waals surface area contributed by atoms with Crippen LogP contribution in [-0.4, -0.2) is 42.1 Å². The molecule has 1 fully saturated rings. The van der Waals surface area contributed by atoms with Crippen molar-refractivity contribution >= 4 is 11.8 Å². The molecule has 0 saturated carbocycles. The van der Waals surface area contributed by atoms with Crippen molar-refractivity contribution in [3.63, 3.8) is 0 Å². The smallest absolute Gasteiger partial charge is 0.0193 e. The van der Waals surface area contributed by atoms with E-state index in [1.807, 2.05) is 0 Å². The second kappa shape index (κ2) is 5.89. The van der Waals surface area contributed by atoms with Crippen LogP contribution in [0.25, 0.3) is 0 Å². The SMILES string of the molecule is CC[C@@H](C)[C@@H](N)CN1CCSCC1. The maximum Gasteiger partial charge on any atom is 0.0193 e. The van der Waals surface area contributed by atoms with Crippen LogP contribution in [0, 0.1) is 5.92 Å². The van der Waals surface area contributed by atoms with E-state index in [2.05, 4.69) is 30.5 Å². The highest BCUT2D eigenvalue weighted by Crippen LogP contribution is 2.12. The molecule has 2 atom stereocenters. The van der Waals surface area contributed by atoms with Gasteiger partial charge in [-0.1, -0.05) is 20.3 Å². The van der Waals surface area contributed by atoms with Crippen LogP contribution in [0.1, 0.15) is 20.3 Å². The molecule has 2 N–H and O–H groups in total. The van der Waals surface area contributed by atoms with Crippen LogP contribution in [0.5, 0.6) is 0 Å². The molecule has 0 aromatic heterocycles. The molecule has 2 nitrogen and oxygen atoms in total. The molecule has 0 bridgehead atoms. The van der Waals surface area contributed by atoms with E-state index in [0.29, 0.717) is 12.0 Å². The van der Waals surface area contributed by atoms with E-state index in [1.165, 1.54) is 31.0 Å². The lowest BCUT2D eigenvalue weighted by Crippen LogP contribution is -2.44. The van der Waals surface area contributed by atoms with Gasteiger partial charge in [-0.15, -0.1) is 0 Å². The lowest BCUT2D eigenvalue weighted by Gasteiger charge is -2.30. The normalized spacial score (nSPS) is 24.2. The van der Waals surface area contributed by atoms with E-state index >= 15 is 0 Å². The third-order valence-electron chi connectivity index (χ3n) is 2.95. The van der Waals surface area contributed by atoms with Gasteiger partial charge >= 0.3 is 0 Å². The molecule has 0 spiro atoms. The zero-order valence-electron chi connectivity index (χ0n) is 8.83. The van der Waals surface area contributed by atoms with Gasteiger partial charge in [-0.2, -0.15) is 11.8 Å². The van der Waals surface area contributed by atoms with Crippen LogP contribution in [0.4, 0.5) is 0 Å². The van der Waals surface area contributed by atoms with Gasteiger partial charge < -0.3 is 10.6 Å². The molecule has 0 unspecified atom stereocenters. The molecular weight excluding hydrogens is 180 g/mol. The summed E-state index contributed by atoms with van der Waals surface area (Å²) in [7, 11) is 0. The van der Waals surface area contributed by atoms with Gasteiger partial charge in [-0.25, -0.2) is 0 Å². The number of hydrogen-bond donors (Lipinski definition) is 1. The van der Waals surface area contributed by atoms with Crippen molar-refractivity contribution in [2.75, 3.05) is 31.1 Å². The fraction of sp³-hybridized carbons (Fsp3) is 1.00. The summed E-state index contributed by atoms with van der Waals surface area (Å²) in [5.74, 6) is 3.23. The van der Waals surface area contributed by atoms with Crippen LogP contribution in [0.2, 0.25) is 0 Å². The molecule has 0 amide bonds. The van der Waals surface area contributed by atoms with Crippen LogP contribution in [-0.2, 0) is 0 Å². The lowest BCUT2D eigenvalue weighted by atomic mass is 10.00. The van der Waals surface area contributed by atoms with E-state index < -0.39 is 0 Å². The maximum atomic E-state index is 6.11. The van der Waals surface area contributed by atoms with Gasteiger partial charge in [-0.05, 0) is 5.92 Å². The van der Waals surface area contributed by atoms with Gasteiger partial charge in [0, 0.05) is 37.2 Å². The fourth-order valence-electron chi connectivity index (χ4n) is 1.56.